The lowest BCUT2D eigenvalue weighted by molar-refractivity contribution is -0.134. The molecule has 1 saturated heterocycles. The summed E-state index contributed by atoms with van der Waals surface area (Å²) in [5.74, 6) is 1.61. The van der Waals surface area contributed by atoms with Crippen LogP contribution in [0.25, 0.3) is 0 Å². The Labute approximate surface area is 190 Å². The Morgan fingerprint density at radius 3 is 2.19 bits per heavy atom. The third-order valence-corrected chi connectivity index (χ3v) is 6.54. The molecule has 0 aliphatic carbocycles. The van der Waals surface area contributed by atoms with Gasteiger partial charge in [0.1, 0.15) is 11.5 Å². The number of amides is 1. The molecule has 168 valence electrons. The van der Waals surface area contributed by atoms with E-state index in [0.717, 1.165) is 42.3 Å². The molecule has 0 unspecified atom stereocenters. The number of anilines is 1. The topological polar surface area (TPSA) is 45.3 Å². The van der Waals surface area contributed by atoms with Gasteiger partial charge in [-0.1, -0.05) is 0 Å². The smallest absolute Gasteiger partial charge is 0.260 e. The van der Waals surface area contributed by atoms with Crippen LogP contribution in [0.5, 0.6) is 11.5 Å². The standard InChI is InChI=1S/C24H33N3O3S/c1-5-29-21-10-12-23(13-11-21)31-27(4)20-6-8-22(9-7-20)30-18-24(28)26(3)19-14-16-25(2)17-15-19/h6-13,19H,5,14-18H2,1-4H3. The summed E-state index contributed by atoms with van der Waals surface area (Å²) < 4.78 is 13.3. The zero-order chi connectivity index (χ0) is 22.2. The minimum Gasteiger partial charge on any atom is -0.494 e. The molecule has 1 heterocycles. The van der Waals surface area contributed by atoms with E-state index in [1.807, 2.05) is 62.3 Å². The number of nitrogens with zero attached hydrogens (tertiary/aromatic N) is 3. The number of hydrogen-bond acceptors (Lipinski definition) is 6. The first-order valence-electron chi connectivity index (χ1n) is 10.8. The van der Waals surface area contributed by atoms with Crippen molar-refractivity contribution >= 4 is 23.5 Å². The highest BCUT2D eigenvalue weighted by Crippen LogP contribution is 2.29. The molecule has 0 N–H and O–H groups in total. The minimum absolute atomic E-state index is 0.0294. The first kappa shape index (κ1) is 23.3. The van der Waals surface area contributed by atoms with Crippen molar-refractivity contribution in [2.75, 3.05) is 51.8 Å². The number of benzene rings is 2. The van der Waals surface area contributed by atoms with E-state index in [2.05, 4.69) is 28.4 Å². The molecule has 7 heteroatoms. The van der Waals surface area contributed by atoms with Gasteiger partial charge in [0.25, 0.3) is 5.91 Å². The Bertz CT molecular complexity index is 821. The maximum Gasteiger partial charge on any atom is 0.260 e. The van der Waals surface area contributed by atoms with Crippen molar-refractivity contribution in [1.82, 2.24) is 9.80 Å². The van der Waals surface area contributed by atoms with Gasteiger partial charge in [-0.2, -0.15) is 0 Å². The average Bonchev–Trinajstić information content (AvgIpc) is 2.79. The summed E-state index contributed by atoms with van der Waals surface area (Å²) >= 11 is 1.64. The fraction of sp³-hybridized carbons (Fsp3) is 0.458. The maximum atomic E-state index is 12.5. The fourth-order valence-electron chi connectivity index (χ4n) is 3.56. The zero-order valence-corrected chi connectivity index (χ0v) is 19.7. The highest BCUT2D eigenvalue weighted by Gasteiger charge is 2.24. The van der Waals surface area contributed by atoms with Crippen LogP contribution in [-0.2, 0) is 4.79 Å². The second-order valence-corrected chi connectivity index (χ2v) is 9.02. The van der Waals surface area contributed by atoms with Gasteiger partial charge < -0.3 is 23.6 Å². The number of likely N-dealkylation sites (tertiary alicyclic amines) is 1. The SMILES string of the molecule is CCOc1ccc(SN(C)c2ccc(OCC(=O)N(C)C3CCN(C)CC3)cc2)cc1. The molecule has 1 aliphatic heterocycles. The molecule has 1 aliphatic rings. The van der Waals surface area contributed by atoms with Crippen LogP contribution in [0.2, 0.25) is 0 Å². The van der Waals surface area contributed by atoms with Gasteiger partial charge in [-0.15, -0.1) is 0 Å². The summed E-state index contributed by atoms with van der Waals surface area (Å²) in [7, 11) is 6.04. The predicted molar refractivity (Wildman–Crippen MR) is 127 cm³/mol. The molecule has 0 aromatic heterocycles. The van der Waals surface area contributed by atoms with Crippen LogP contribution >= 0.6 is 11.9 Å². The van der Waals surface area contributed by atoms with E-state index < -0.39 is 0 Å². The molecule has 6 nitrogen and oxygen atoms in total. The molecular weight excluding hydrogens is 410 g/mol. The third-order valence-electron chi connectivity index (χ3n) is 5.57. The molecule has 2 aromatic rings. The molecule has 0 radical (unpaired) electrons. The summed E-state index contributed by atoms with van der Waals surface area (Å²) in [4.78, 5) is 17.8. The van der Waals surface area contributed by atoms with E-state index in [1.54, 1.807) is 11.9 Å². The van der Waals surface area contributed by atoms with Crippen LogP contribution in [-0.4, -0.2) is 69.2 Å². The van der Waals surface area contributed by atoms with E-state index in [0.29, 0.717) is 18.4 Å². The highest BCUT2D eigenvalue weighted by atomic mass is 32.2. The van der Waals surface area contributed by atoms with Gasteiger partial charge in [-0.05, 0) is 100 Å². The van der Waals surface area contributed by atoms with Crippen molar-refractivity contribution in [3.63, 3.8) is 0 Å². The number of carbonyl (C=O) groups is 1. The van der Waals surface area contributed by atoms with Crippen molar-refractivity contribution in [3.8, 4) is 11.5 Å². The van der Waals surface area contributed by atoms with E-state index in [4.69, 9.17) is 9.47 Å². The van der Waals surface area contributed by atoms with Crippen LogP contribution in [0.15, 0.2) is 53.4 Å². The van der Waals surface area contributed by atoms with E-state index in [1.165, 1.54) is 0 Å². The summed E-state index contributed by atoms with van der Waals surface area (Å²) in [5, 5.41) is 0. The summed E-state index contributed by atoms with van der Waals surface area (Å²) in [6.45, 7) is 4.78. The van der Waals surface area contributed by atoms with Crippen molar-refractivity contribution in [3.05, 3.63) is 48.5 Å². The molecule has 1 amide bonds. The van der Waals surface area contributed by atoms with Gasteiger partial charge in [-0.25, -0.2) is 0 Å². The summed E-state index contributed by atoms with van der Waals surface area (Å²) in [6, 6.07) is 16.2. The van der Waals surface area contributed by atoms with Gasteiger partial charge >= 0.3 is 0 Å². The Morgan fingerprint density at radius 2 is 1.58 bits per heavy atom. The average molecular weight is 444 g/mol. The Morgan fingerprint density at radius 1 is 1.00 bits per heavy atom. The van der Waals surface area contributed by atoms with Crippen molar-refractivity contribution in [2.45, 2.75) is 30.7 Å². The van der Waals surface area contributed by atoms with Crippen LogP contribution < -0.4 is 13.8 Å². The molecular formula is C24H33N3O3S. The maximum absolute atomic E-state index is 12.5. The van der Waals surface area contributed by atoms with Gasteiger partial charge in [0.05, 0.1) is 6.61 Å². The largest absolute Gasteiger partial charge is 0.494 e. The fourth-order valence-corrected chi connectivity index (χ4v) is 4.36. The third kappa shape index (κ3) is 6.80. The lowest BCUT2D eigenvalue weighted by atomic mass is 10.0. The molecule has 2 aromatic carbocycles. The van der Waals surface area contributed by atoms with Crippen molar-refractivity contribution < 1.29 is 14.3 Å². The number of ether oxygens (including phenoxy) is 2. The summed E-state index contributed by atoms with van der Waals surface area (Å²) in [6.07, 6.45) is 2.04. The zero-order valence-electron chi connectivity index (χ0n) is 18.9. The molecule has 0 bridgehead atoms. The van der Waals surface area contributed by atoms with Gasteiger partial charge in [-0.3, -0.25) is 4.79 Å². The van der Waals surface area contributed by atoms with Crippen LogP contribution in [0.1, 0.15) is 19.8 Å². The number of rotatable bonds is 9. The Balaban J connectivity index is 1.47. The molecule has 0 spiro atoms. The van der Waals surface area contributed by atoms with E-state index in [-0.39, 0.29) is 12.5 Å². The second kappa shape index (κ2) is 11.3. The first-order valence-corrected chi connectivity index (χ1v) is 11.5. The molecule has 0 atom stereocenters. The van der Waals surface area contributed by atoms with Gasteiger partial charge in [0, 0.05) is 30.7 Å². The van der Waals surface area contributed by atoms with E-state index in [9.17, 15) is 4.79 Å². The van der Waals surface area contributed by atoms with E-state index >= 15 is 0 Å². The summed E-state index contributed by atoms with van der Waals surface area (Å²) in [5.41, 5.74) is 1.06. The molecule has 3 rings (SSSR count). The quantitative estimate of drug-likeness (QED) is 0.543. The Hall–Kier alpha value is -2.38. The molecule has 1 fully saturated rings. The van der Waals surface area contributed by atoms with Crippen LogP contribution in [0.3, 0.4) is 0 Å². The minimum atomic E-state index is 0.0294. The molecule has 0 saturated carbocycles. The number of hydrogen-bond donors (Lipinski definition) is 0. The van der Waals surface area contributed by atoms with Gasteiger partial charge in [0.2, 0.25) is 0 Å². The van der Waals surface area contributed by atoms with Crippen molar-refractivity contribution in [2.24, 2.45) is 0 Å². The Kier molecular flexibility index (Phi) is 8.49. The van der Waals surface area contributed by atoms with Crippen LogP contribution in [0, 0.1) is 0 Å². The monoisotopic (exact) mass is 443 g/mol. The number of carbonyl (C=O) groups excluding carboxylic acids is 1. The lowest BCUT2D eigenvalue weighted by Crippen LogP contribution is -2.45. The van der Waals surface area contributed by atoms with Crippen molar-refractivity contribution in [1.29, 1.82) is 0 Å². The van der Waals surface area contributed by atoms with Gasteiger partial charge in [0.15, 0.2) is 6.61 Å². The second-order valence-electron chi connectivity index (χ2n) is 7.81. The highest BCUT2D eigenvalue weighted by molar-refractivity contribution is 8.00. The lowest BCUT2D eigenvalue weighted by Gasteiger charge is -2.35. The first-order chi connectivity index (χ1) is 15.0. The number of likely N-dealkylation sites (N-methyl/N-ethyl adjacent to an activating group) is 1. The molecule has 31 heavy (non-hydrogen) atoms. The van der Waals surface area contributed by atoms with Crippen LogP contribution in [0.4, 0.5) is 5.69 Å². The number of piperidine rings is 1. The normalized spacial score (nSPS) is 14.8. The predicted octanol–water partition coefficient (Wildman–Crippen LogP) is 4.16.